The average Bonchev–Trinajstić information content (AvgIpc) is 2.29. The van der Waals surface area contributed by atoms with Crippen LogP contribution in [0.5, 0.6) is 0 Å². The molecule has 102 valence electrons. The zero-order valence-electron chi connectivity index (χ0n) is 11.9. The minimum atomic E-state index is -3.35. The van der Waals surface area contributed by atoms with E-state index in [1.807, 2.05) is 26.0 Å². The molecule has 0 radical (unpaired) electrons. The lowest BCUT2D eigenvalue weighted by molar-refractivity contribution is 0.445. The maximum Gasteiger partial charge on any atom is 0.243 e. The van der Waals surface area contributed by atoms with Gasteiger partial charge in [0.15, 0.2) is 0 Å². The highest BCUT2D eigenvalue weighted by Crippen LogP contribution is 2.25. The third kappa shape index (κ3) is 3.12. The third-order valence-electron chi connectivity index (χ3n) is 3.04. The van der Waals surface area contributed by atoms with Crippen molar-refractivity contribution in [3.05, 3.63) is 29.8 Å². The SMILES string of the molecule is CCN(CC)S(=O)(=O)c1cccc(C(C)(C)C)c1. The number of sulfonamides is 1. The van der Waals surface area contributed by atoms with Crippen molar-refractivity contribution in [1.82, 2.24) is 4.31 Å². The summed E-state index contributed by atoms with van der Waals surface area (Å²) in [4.78, 5) is 0.388. The van der Waals surface area contributed by atoms with Gasteiger partial charge in [0.25, 0.3) is 0 Å². The van der Waals surface area contributed by atoms with Crippen LogP contribution >= 0.6 is 0 Å². The molecule has 0 aliphatic carbocycles. The molecule has 0 heterocycles. The van der Waals surface area contributed by atoms with Crippen LogP contribution in [0.15, 0.2) is 29.2 Å². The molecule has 0 atom stereocenters. The lowest BCUT2D eigenvalue weighted by atomic mass is 9.87. The van der Waals surface area contributed by atoms with Gasteiger partial charge in [0, 0.05) is 13.1 Å². The molecule has 3 nitrogen and oxygen atoms in total. The lowest BCUT2D eigenvalue weighted by Gasteiger charge is -2.22. The summed E-state index contributed by atoms with van der Waals surface area (Å²) in [5, 5.41) is 0. The smallest absolute Gasteiger partial charge is 0.207 e. The quantitative estimate of drug-likeness (QED) is 0.842. The molecule has 0 unspecified atom stereocenters. The molecule has 0 saturated carbocycles. The van der Waals surface area contributed by atoms with E-state index >= 15 is 0 Å². The Hall–Kier alpha value is -0.870. The molecule has 0 N–H and O–H groups in total. The Labute approximate surface area is 111 Å². The third-order valence-corrected chi connectivity index (χ3v) is 5.09. The van der Waals surface area contributed by atoms with Gasteiger partial charge in [-0.25, -0.2) is 8.42 Å². The number of benzene rings is 1. The summed E-state index contributed by atoms with van der Waals surface area (Å²) < 4.78 is 26.3. The van der Waals surface area contributed by atoms with Gasteiger partial charge in [-0.15, -0.1) is 0 Å². The Kier molecular flexibility index (Phi) is 4.56. The Bertz CT molecular complexity index is 497. The topological polar surface area (TPSA) is 37.4 Å². The second-order valence-corrected chi connectivity index (χ2v) is 7.31. The van der Waals surface area contributed by atoms with Gasteiger partial charge in [0.1, 0.15) is 0 Å². The summed E-state index contributed by atoms with van der Waals surface area (Å²) >= 11 is 0. The van der Waals surface area contributed by atoms with Crippen LogP contribution in [-0.4, -0.2) is 25.8 Å². The first-order chi connectivity index (χ1) is 8.23. The van der Waals surface area contributed by atoms with Crippen molar-refractivity contribution in [2.75, 3.05) is 13.1 Å². The van der Waals surface area contributed by atoms with Crippen molar-refractivity contribution in [2.45, 2.75) is 44.9 Å². The van der Waals surface area contributed by atoms with Gasteiger partial charge in [0.05, 0.1) is 4.90 Å². The largest absolute Gasteiger partial charge is 0.243 e. The van der Waals surface area contributed by atoms with Crippen LogP contribution in [-0.2, 0) is 15.4 Å². The van der Waals surface area contributed by atoms with E-state index in [2.05, 4.69) is 20.8 Å². The fourth-order valence-electron chi connectivity index (χ4n) is 1.84. The number of hydrogen-bond acceptors (Lipinski definition) is 2. The van der Waals surface area contributed by atoms with E-state index in [1.54, 1.807) is 12.1 Å². The molecule has 1 aromatic rings. The Balaban J connectivity index is 3.26. The highest BCUT2D eigenvalue weighted by atomic mass is 32.2. The minimum Gasteiger partial charge on any atom is -0.207 e. The summed E-state index contributed by atoms with van der Waals surface area (Å²) in [7, 11) is -3.35. The van der Waals surface area contributed by atoms with E-state index in [4.69, 9.17) is 0 Å². The summed E-state index contributed by atoms with van der Waals surface area (Å²) in [6.45, 7) is 10.9. The summed E-state index contributed by atoms with van der Waals surface area (Å²) in [5.41, 5.74) is 0.991. The van der Waals surface area contributed by atoms with Crippen LogP contribution < -0.4 is 0 Å². The van der Waals surface area contributed by atoms with Crippen molar-refractivity contribution < 1.29 is 8.42 Å². The van der Waals surface area contributed by atoms with Crippen LogP contribution in [0.4, 0.5) is 0 Å². The molecule has 0 aromatic heterocycles. The maximum atomic E-state index is 12.4. The molecular formula is C14H23NO2S. The Morgan fingerprint density at radius 2 is 1.67 bits per heavy atom. The highest BCUT2D eigenvalue weighted by Gasteiger charge is 2.23. The molecule has 0 amide bonds. The van der Waals surface area contributed by atoms with Gasteiger partial charge in [-0.3, -0.25) is 0 Å². The molecule has 18 heavy (non-hydrogen) atoms. The van der Waals surface area contributed by atoms with Gasteiger partial charge >= 0.3 is 0 Å². The fraction of sp³-hybridized carbons (Fsp3) is 0.571. The summed E-state index contributed by atoms with van der Waals surface area (Å²) in [6.07, 6.45) is 0. The normalized spacial score (nSPS) is 13.0. The van der Waals surface area contributed by atoms with Gasteiger partial charge in [-0.1, -0.05) is 46.8 Å². The van der Waals surface area contributed by atoms with E-state index in [0.717, 1.165) is 5.56 Å². The summed E-state index contributed by atoms with van der Waals surface area (Å²) in [6, 6.07) is 7.24. The minimum absolute atomic E-state index is 0.0468. The van der Waals surface area contributed by atoms with Crippen molar-refractivity contribution in [2.24, 2.45) is 0 Å². The van der Waals surface area contributed by atoms with Crippen molar-refractivity contribution >= 4 is 10.0 Å². The second kappa shape index (κ2) is 5.41. The maximum absolute atomic E-state index is 12.4. The second-order valence-electron chi connectivity index (χ2n) is 5.37. The van der Waals surface area contributed by atoms with E-state index in [1.165, 1.54) is 4.31 Å². The molecule has 0 bridgehead atoms. The molecular weight excluding hydrogens is 246 g/mol. The van der Waals surface area contributed by atoms with Crippen LogP contribution in [0.1, 0.15) is 40.2 Å². The van der Waals surface area contributed by atoms with Crippen LogP contribution in [0, 0.1) is 0 Å². The van der Waals surface area contributed by atoms with E-state index in [0.29, 0.717) is 18.0 Å². The molecule has 0 aliphatic rings. The molecule has 1 rings (SSSR count). The van der Waals surface area contributed by atoms with E-state index in [-0.39, 0.29) is 5.41 Å². The standard InChI is InChI=1S/C14H23NO2S/c1-6-15(7-2)18(16,17)13-10-8-9-12(11-13)14(3,4)5/h8-11H,6-7H2,1-5H3. The van der Waals surface area contributed by atoms with Gasteiger partial charge < -0.3 is 0 Å². The molecule has 0 spiro atoms. The molecule has 0 fully saturated rings. The zero-order valence-corrected chi connectivity index (χ0v) is 12.7. The van der Waals surface area contributed by atoms with Gasteiger partial charge in [0.2, 0.25) is 10.0 Å². The van der Waals surface area contributed by atoms with Crippen molar-refractivity contribution in [3.8, 4) is 0 Å². The van der Waals surface area contributed by atoms with Crippen LogP contribution in [0.2, 0.25) is 0 Å². The van der Waals surface area contributed by atoms with E-state index < -0.39 is 10.0 Å². The number of hydrogen-bond donors (Lipinski definition) is 0. The molecule has 1 aromatic carbocycles. The van der Waals surface area contributed by atoms with E-state index in [9.17, 15) is 8.42 Å². The first-order valence-electron chi connectivity index (χ1n) is 6.34. The molecule has 4 heteroatoms. The van der Waals surface area contributed by atoms with Gasteiger partial charge in [-0.05, 0) is 23.1 Å². The summed E-state index contributed by atoms with van der Waals surface area (Å²) in [5.74, 6) is 0. The number of nitrogens with zero attached hydrogens (tertiary/aromatic N) is 1. The Morgan fingerprint density at radius 1 is 1.11 bits per heavy atom. The highest BCUT2D eigenvalue weighted by molar-refractivity contribution is 7.89. The van der Waals surface area contributed by atoms with Crippen LogP contribution in [0.25, 0.3) is 0 Å². The van der Waals surface area contributed by atoms with Gasteiger partial charge in [-0.2, -0.15) is 4.31 Å². The Morgan fingerprint density at radius 3 is 2.11 bits per heavy atom. The predicted octanol–water partition coefficient (Wildman–Crippen LogP) is 3.01. The van der Waals surface area contributed by atoms with Crippen molar-refractivity contribution in [1.29, 1.82) is 0 Å². The van der Waals surface area contributed by atoms with Crippen molar-refractivity contribution in [3.63, 3.8) is 0 Å². The molecule has 0 aliphatic heterocycles. The first kappa shape index (κ1) is 15.2. The molecule has 0 saturated heterocycles. The zero-order chi connectivity index (χ0) is 14.0. The fourth-order valence-corrected chi connectivity index (χ4v) is 3.34. The monoisotopic (exact) mass is 269 g/mol. The van der Waals surface area contributed by atoms with Crippen LogP contribution in [0.3, 0.4) is 0 Å². The predicted molar refractivity (Wildman–Crippen MR) is 75.2 cm³/mol. The first-order valence-corrected chi connectivity index (χ1v) is 7.78. The number of rotatable bonds is 4. The average molecular weight is 269 g/mol. The lowest BCUT2D eigenvalue weighted by Crippen LogP contribution is -2.30.